The van der Waals surface area contributed by atoms with Crippen LogP contribution in [0.2, 0.25) is 0 Å². The Morgan fingerprint density at radius 3 is 2.76 bits per heavy atom. The van der Waals surface area contributed by atoms with Gasteiger partial charge in [0.2, 0.25) is 10.0 Å². The van der Waals surface area contributed by atoms with Crippen molar-refractivity contribution >= 4 is 54.8 Å². The molecular formula is C27H31N7O2S2. The van der Waals surface area contributed by atoms with E-state index in [1.165, 1.54) is 0 Å². The lowest BCUT2D eigenvalue weighted by Gasteiger charge is -2.20. The lowest BCUT2D eigenvalue weighted by molar-refractivity contribution is 0.561. The van der Waals surface area contributed by atoms with Crippen molar-refractivity contribution in [1.29, 1.82) is 0 Å². The molecular weight excluding hydrogens is 518 g/mol. The number of hydrogen-bond acceptors (Lipinski definition) is 6. The van der Waals surface area contributed by atoms with Gasteiger partial charge >= 0.3 is 0 Å². The monoisotopic (exact) mass is 549 g/mol. The van der Waals surface area contributed by atoms with Crippen LogP contribution in [-0.2, 0) is 23.5 Å². The highest BCUT2D eigenvalue weighted by molar-refractivity contribution is 7.89. The third-order valence-corrected chi connectivity index (χ3v) is 9.03. The van der Waals surface area contributed by atoms with Gasteiger partial charge in [-0.15, -0.1) is 5.10 Å². The van der Waals surface area contributed by atoms with Crippen LogP contribution in [0, 0.1) is 5.92 Å². The van der Waals surface area contributed by atoms with Crippen molar-refractivity contribution in [2.45, 2.75) is 56.4 Å². The van der Waals surface area contributed by atoms with Crippen LogP contribution in [-0.4, -0.2) is 40.1 Å². The number of anilines is 1. The number of nitrogens with one attached hydrogen (secondary N) is 3. The number of benzene rings is 2. The van der Waals surface area contributed by atoms with E-state index in [0.29, 0.717) is 22.5 Å². The molecule has 198 valence electrons. The summed E-state index contributed by atoms with van der Waals surface area (Å²) in [5, 5.41) is 17.2. The summed E-state index contributed by atoms with van der Waals surface area (Å²) in [5.74, 6) is 0.630. The van der Waals surface area contributed by atoms with Gasteiger partial charge in [-0.2, -0.15) is 0 Å². The number of aryl methyl sites for hydroxylation is 2. The van der Waals surface area contributed by atoms with Crippen molar-refractivity contribution in [2.24, 2.45) is 13.0 Å². The van der Waals surface area contributed by atoms with E-state index in [2.05, 4.69) is 25.7 Å². The molecule has 0 spiro atoms. The maximum Gasteiger partial charge on any atom is 0.241 e. The molecule has 38 heavy (non-hydrogen) atoms. The third-order valence-electron chi connectivity index (χ3n) is 7.35. The molecule has 0 radical (unpaired) electrons. The molecule has 2 aromatic carbocycles. The average Bonchev–Trinajstić information content (AvgIpc) is 3.56. The molecule has 0 aliphatic heterocycles. The van der Waals surface area contributed by atoms with Crippen molar-refractivity contribution < 1.29 is 8.42 Å². The first-order valence-corrected chi connectivity index (χ1v) is 14.9. The topological polar surface area (TPSA) is 114 Å². The largest absolute Gasteiger partial charge is 0.356 e. The summed E-state index contributed by atoms with van der Waals surface area (Å²) >= 11 is 5.70. The van der Waals surface area contributed by atoms with E-state index in [9.17, 15) is 8.42 Å². The molecule has 2 aromatic heterocycles. The second-order valence-corrected chi connectivity index (χ2v) is 12.8. The van der Waals surface area contributed by atoms with Gasteiger partial charge < -0.3 is 10.6 Å². The molecule has 1 atom stereocenters. The minimum absolute atomic E-state index is 0.0671. The number of hydrogen-bond donors (Lipinski definition) is 3. The van der Waals surface area contributed by atoms with Gasteiger partial charge in [-0.25, -0.2) is 17.8 Å². The predicted octanol–water partition coefficient (Wildman–Crippen LogP) is 4.30. The Morgan fingerprint density at radius 2 is 2.00 bits per heavy atom. The van der Waals surface area contributed by atoms with Crippen LogP contribution in [0.3, 0.4) is 0 Å². The zero-order valence-electron chi connectivity index (χ0n) is 21.7. The number of rotatable bonds is 7. The molecule has 11 heteroatoms. The van der Waals surface area contributed by atoms with Gasteiger partial charge in [0.1, 0.15) is 5.52 Å². The fraction of sp³-hybridized carbons (Fsp3) is 0.407. The Balaban J connectivity index is 1.35. The van der Waals surface area contributed by atoms with Crippen molar-refractivity contribution in [3.63, 3.8) is 0 Å². The molecule has 1 unspecified atom stereocenters. The maximum atomic E-state index is 13.4. The zero-order valence-corrected chi connectivity index (χ0v) is 23.3. The van der Waals surface area contributed by atoms with E-state index >= 15 is 0 Å². The molecule has 1 saturated carbocycles. The molecule has 1 fully saturated rings. The van der Waals surface area contributed by atoms with Gasteiger partial charge in [0.15, 0.2) is 5.11 Å². The highest BCUT2D eigenvalue weighted by Crippen LogP contribution is 2.43. The van der Waals surface area contributed by atoms with Crippen LogP contribution in [0.4, 0.5) is 5.69 Å². The fourth-order valence-electron chi connectivity index (χ4n) is 5.24. The quantitative estimate of drug-likeness (QED) is 0.293. The summed E-state index contributed by atoms with van der Waals surface area (Å²) in [7, 11) is -1.82. The van der Waals surface area contributed by atoms with E-state index in [0.717, 1.165) is 70.0 Å². The molecule has 6 rings (SSSR count). The van der Waals surface area contributed by atoms with Crippen molar-refractivity contribution in [1.82, 2.24) is 30.0 Å². The molecule has 0 amide bonds. The van der Waals surface area contributed by atoms with Crippen LogP contribution in [0.1, 0.15) is 61.9 Å². The lowest BCUT2D eigenvalue weighted by atomic mass is 9.99. The van der Waals surface area contributed by atoms with E-state index in [1.807, 2.05) is 57.4 Å². The smallest absolute Gasteiger partial charge is 0.241 e. The number of fused-ring (bicyclic) bond motifs is 4. The highest BCUT2D eigenvalue weighted by atomic mass is 32.2. The summed E-state index contributed by atoms with van der Waals surface area (Å²) in [6, 6.07) is 9.59. The molecule has 0 bridgehead atoms. The summed E-state index contributed by atoms with van der Waals surface area (Å²) < 4.78 is 31.4. The number of aromatic nitrogens is 4. The van der Waals surface area contributed by atoms with E-state index in [1.54, 1.807) is 4.68 Å². The zero-order chi connectivity index (χ0) is 26.6. The van der Waals surface area contributed by atoms with Gasteiger partial charge in [0.25, 0.3) is 0 Å². The number of thiocarbonyl (C=S) groups is 1. The predicted molar refractivity (Wildman–Crippen MR) is 153 cm³/mol. The second-order valence-electron chi connectivity index (χ2n) is 10.7. The minimum atomic E-state index is -3.68. The summed E-state index contributed by atoms with van der Waals surface area (Å²) in [6.07, 6.45) is 5.61. The van der Waals surface area contributed by atoms with Crippen molar-refractivity contribution in [3.8, 4) is 0 Å². The van der Waals surface area contributed by atoms with Gasteiger partial charge in [0, 0.05) is 42.2 Å². The van der Waals surface area contributed by atoms with Crippen LogP contribution in [0.15, 0.2) is 41.4 Å². The standard InChI is InChI=1S/C27H31N7O2S2/c1-15(2)13-29-38(35,36)24-11-17-9-10-20(25(17)19-14-28-22(12-18(19)24)16-7-8-16)30-27(37)31-21-5-4-6-23-26(21)32-33-34(23)3/h4-6,11-12,14-16,20,29H,7-10,13H2,1-3H3,(H2,30,31,37). The van der Waals surface area contributed by atoms with Crippen LogP contribution < -0.4 is 15.4 Å². The van der Waals surface area contributed by atoms with E-state index < -0.39 is 10.0 Å². The average molecular weight is 550 g/mol. The SMILES string of the molecule is CC(C)CNS(=O)(=O)c1cc2c(c3cnc(C4CC4)cc13)C(NC(=S)Nc1cccc3c1nnn3C)CC2. The Labute approximate surface area is 227 Å². The lowest BCUT2D eigenvalue weighted by Crippen LogP contribution is -2.31. The first kappa shape index (κ1) is 25.1. The number of sulfonamides is 1. The van der Waals surface area contributed by atoms with Gasteiger partial charge in [0.05, 0.1) is 22.1 Å². The first-order valence-electron chi connectivity index (χ1n) is 13.0. The summed E-state index contributed by atoms with van der Waals surface area (Å²) in [6.45, 7) is 4.39. The summed E-state index contributed by atoms with van der Waals surface area (Å²) in [5.41, 5.74) is 5.49. The maximum absolute atomic E-state index is 13.4. The molecule has 2 aliphatic carbocycles. The number of nitrogens with zero attached hydrogens (tertiary/aromatic N) is 4. The third kappa shape index (κ3) is 4.63. The Bertz CT molecular complexity index is 1680. The van der Waals surface area contributed by atoms with Crippen LogP contribution in [0.5, 0.6) is 0 Å². The highest BCUT2D eigenvalue weighted by Gasteiger charge is 2.32. The van der Waals surface area contributed by atoms with Crippen molar-refractivity contribution in [3.05, 3.63) is 53.3 Å². The van der Waals surface area contributed by atoms with Crippen LogP contribution in [0.25, 0.3) is 21.8 Å². The number of pyridine rings is 1. The van der Waals surface area contributed by atoms with Crippen LogP contribution >= 0.6 is 12.2 Å². The van der Waals surface area contributed by atoms with Gasteiger partial charge in [-0.1, -0.05) is 25.1 Å². The van der Waals surface area contributed by atoms with E-state index in [4.69, 9.17) is 17.2 Å². The molecule has 4 aromatic rings. The molecule has 3 N–H and O–H groups in total. The summed E-state index contributed by atoms with van der Waals surface area (Å²) in [4.78, 5) is 5.09. The Hall–Kier alpha value is -3.15. The van der Waals surface area contributed by atoms with E-state index in [-0.39, 0.29) is 12.0 Å². The molecule has 9 nitrogen and oxygen atoms in total. The normalized spacial score (nSPS) is 17.3. The molecule has 0 saturated heterocycles. The molecule has 2 heterocycles. The van der Waals surface area contributed by atoms with Crippen molar-refractivity contribution in [2.75, 3.05) is 11.9 Å². The fourth-order valence-corrected chi connectivity index (χ4v) is 6.95. The van der Waals surface area contributed by atoms with Gasteiger partial charge in [-0.3, -0.25) is 4.98 Å². The molecule has 2 aliphatic rings. The first-order chi connectivity index (χ1) is 18.2. The van der Waals surface area contributed by atoms with Gasteiger partial charge in [-0.05, 0) is 79.2 Å². The minimum Gasteiger partial charge on any atom is -0.356 e. The Kier molecular flexibility index (Phi) is 6.32. The second kappa shape index (κ2) is 9.55. The Morgan fingerprint density at radius 1 is 1.18 bits per heavy atom.